The lowest BCUT2D eigenvalue weighted by atomic mass is 9.65. The van der Waals surface area contributed by atoms with E-state index in [4.69, 9.17) is 4.74 Å². The van der Waals surface area contributed by atoms with Gasteiger partial charge in [0.2, 0.25) is 5.91 Å². The zero-order chi connectivity index (χ0) is 21.0. The molecule has 0 bridgehead atoms. The van der Waals surface area contributed by atoms with Crippen LogP contribution < -0.4 is 5.32 Å². The normalized spacial score (nSPS) is 20.1. The van der Waals surface area contributed by atoms with Crippen LogP contribution in [0, 0.1) is 0 Å². The number of rotatable bonds is 6. The third-order valence-corrected chi connectivity index (χ3v) is 6.63. The quantitative estimate of drug-likeness (QED) is 0.792. The highest BCUT2D eigenvalue weighted by Crippen LogP contribution is 2.49. The number of hydrogen-bond donors (Lipinski definition) is 1. The number of nitrogens with zero attached hydrogens (tertiary/aromatic N) is 1. The van der Waals surface area contributed by atoms with Gasteiger partial charge in [-0.1, -0.05) is 67.8 Å². The fourth-order valence-electron chi connectivity index (χ4n) is 5.24. The second-order valence-corrected chi connectivity index (χ2v) is 8.34. The van der Waals surface area contributed by atoms with Gasteiger partial charge in [-0.15, -0.1) is 0 Å². The summed E-state index contributed by atoms with van der Waals surface area (Å²) < 4.78 is 5.32. The minimum Gasteiger partial charge on any atom is -0.383 e. The molecule has 2 aliphatic rings. The molecule has 30 heavy (non-hydrogen) atoms. The Morgan fingerprint density at radius 3 is 2.50 bits per heavy atom. The molecule has 0 unspecified atom stereocenters. The van der Waals surface area contributed by atoms with Crippen molar-refractivity contribution >= 4 is 11.8 Å². The lowest BCUT2D eigenvalue weighted by Crippen LogP contribution is -2.63. The summed E-state index contributed by atoms with van der Waals surface area (Å²) in [6.45, 7) is 1.46. The van der Waals surface area contributed by atoms with Crippen molar-refractivity contribution in [2.45, 2.75) is 50.1 Å². The van der Waals surface area contributed by atoms with Gasteiger partial charge >= 0.3 is 0 Å². The number of carbonyl (C=O) groups is 2. The van der Waals surface area contributed by atoms with Gasteiger partial charge in [0.25, 0.3) is 5.91 Å². The fraction of sp³-hybridized carbons (Fsp3) is 0.440. The Morgan fingerprint density at radius 2 is 1.77 bits per heavy atom. The van der Waals surface area contributed by atoms with Gasteiger partial charge in [0.1, 0.15) is 0 Å². The highest BCUT2D eigenvalue weighted by molar-refractivity contribution is 6.02. The van der Waals surface area contributed by atoms with Gasteiger partial charge in [0, 0.05) is 25.8 Å². The van der Waals surface area contributed by atoms with Crippen LogP contribution in [0.25, 0.3) is 0 Å². The maximum Gasteiger partial charge on any atom is 0.254 e. The first-order valence-corrected chi connectivity index (χ1v) is 10.9. The minimum atomic E-state index is -0.483. The van der Waals surface area contributed by atoms with Crippen LogP contribution in [0.5, 0.6) is 0 Å². The van der Waals surface area contributed by atoms with Crippen LogP contribution in [0.15, 0.2) is 54.6 Å². The van der Waals surface area contributed by atoms with E-state index in [2.05, 4.69) is 5.32 Å². The largest absolute Gasteiger partial charge is 0.383 e. The number of fused-ring (bicyclic) bond motifs is 1. The van der Waals surface area contributed by atoms with E-state index in [9.17, 15) is 9.59 Å². The number of amides is 2. The first-order valence-electron chi connectivity index (χ1n) is 10.9. The van der Waals surface area contributed by atoms with Crippen molar-refractivity contribution in [3.63, 3.8) is 0 Å². The van der Waals surface area contributed by atoms with Crippen LogP contribution in [-0.4, -0.2) is 42.5 Å². The van der Waals surface area contributed by atoms with Crippen LogP contribution >= 0.6 is 0 Å². The molecule has 1 fully saturated rings. The van der Waals surface area contributed by atoms with Crippen molar-refractivity contribution < 1.29 is 14.3 Å². The number of methoxy groups -OCH3 is 1. The summed E-state index contributed by atoms with van der Waals surface area (Å²) in [6.07, 6.45) is 4.90. The third kappa shape index (κ3) is 3.74. The highest BCUT2D eigenvalue weighted by atomic mass is 16.5. The first kappa shape index (κ1) is 20.6. The summed E-state index contributed by atoms with van der Waals surface area (Å²) >= 11 is 0. The topological polar surface area (TPSA) is 58.6 Å². The van der Waals surface area contributed by atoms with E-state index in [1.54, 1.807) is 7.11 Å². The van der Waals surface area contributed by atoms with E-state index in [1.165, 1.54) is 0 Å². The van der Waals surface area contributed by atoms with Gasteiger partial charge in [-0.3, -0.25) is 9.59 Å². The van der Waals surface area contributed by atoms with Crippen molar-refractivity contribution in [3.05, 3.63) is 71.3 Å². The molecule has 1 N–H and O–H groups in total. The number of hydrogen-bond acceptors (Lipinski definition) is 3. The molecule has 5 nitrogen and oxygen atoms in total. The second-order valence-electron chi connectivity index (χ2n) is 8.34. The fourth-order valence-corrected chi connectivity index (χ4v) is 5.24. The monoisotopic (exact) mass is 406 g/mol. The molecule has 1 aliphatic carbocycles. The Labute approximate surface area is 178 Å². The standard InChI is InChI=1S/C25H30N2O3/c1-30-17-16-27-24(29)21-13-7-6-12-20(21)22(25(27)14-8-3-9-15-25)23(28)26-18-19-10-4-2-5-11-19/h2,4-7,10-13,22H,3,8-9,14-18H2,1H3,(H,26,28)/t22-/m1/s1. The molecular weight excluding hydrogens is 376 g/mol. The molecule has 2 amide bonds. The number of ether oxygens (including phenoxy) is 1. The van der Waals surface area contributed by atoms with Crippen LogP contribution in [0.3, 0.4) is 0 Å². The molecule has 0 aromatic heterocycles. The van der Waals surface area contributed by atoms with Gasteiger partial charge in [-0.2, -0.15) is 0 Å². The average molecular weight is 407 g/mol. The third-order valence-electron chi connectivity index (χ3n) is 6.63. The van der Waals surface area contributed by atoms with Crippen LogP contribution in [0.1, 0.15) is 59.5 Å². The molecule has 1 saturated carbocycles. The van der Waals surface area contributed by atoms with Crippen LogP contribution in [0.4, 0.5) is 0 Å². The average Bonchev–Trinajstić information content (AvgIpc) is 2.79. The summed E-state index contributed by atoms with van der Waals surface area (Å²) in [4.78, 5) is 29.1. The van der Waals surface area contributed by atoms with E-state index in [-0.39, 0.29) is 17.7 Å². The summed E-state index contributed by atoms with van der Waals surface area (Å²) in [7, 11) is 1.65. The van der Waals surface area contributed by atoms with Gasteiger partial charge in [0.05, 0.1) is 18.1 Å². The lowest BCUT2D eigenvalue weighted by molar-refractivity contribution is -0.127. The molecule has 1 spiro atoms. The van der Waals surface area contributed by atoms with Crippen molar-refractivity contribution in [2.75, 3.05) is 20.3 Å². The van der Waals surface area contributed by atoms with E-state index in [0.717, 1.165) is 43.2 Å². The van der Waals surface area contributed by atoms with Crippen molar-refractivity contribution in [1.82, 2.24) is 10.2 Å². The predicted octanol–water partition coefficient (Wildman–Crippen LogP) is 3.89. The predicted molar refractivity (Wildman–Crippen MR) is 116 cm³/mol. The zero-order valence-corrected chi connectivity index (χ0v) is 17.6. The molecule has 4 rings (SSSR count). The van der Waals surface area contributed by atoms with Crippen LogP contribution in [0.2, 0.25) is 0 Å². The molecule has 0 radical (unpaired) electrons. The number of nitrogens with one attached hydrogen (secondary N) is 1. The highest BCUT2D eigenvalue weighted by Gasteiger charge is 2.54. The van der Waals surface area contributed by atoms with Crippen LogP contribution in [-0.2, 0) is 16.1 Å². The zero-order valence-electron chi connectivity index (χ0n) is 17.6. The molecule has 1 aliphatic heterocycles. The lowest BCUT2D eigenvalue weighted by Gasteiger charge is -2.53. The first-order chi connectivity index (χ1) is 14.7. The van der Waals surface area contributed by atoms with E-state index in [0.29, 0.717) is 25.3 Å². The summed E-state index contributed by atoms with van der Waals surface area (Å²) in [5.41, 5.74) is 2.09. The van der Waals surface area contributed by atoms with Gasteiger partial charge < -0.3 is 15.0 Å². The second kappa shape index (κ2) is 9.00. The molecule has 2 aromatic rings. The Morgan fingerprint density at radius 1 is 1.07 bits per heavy atom. The summed E-state index contributed by atoms with van der Waals surface area (Å²) in [5, 5.41) is 3.16. The number of carbonyl (C=O) groups excluding carboxylic acids is 2. The minimum absolute atomic E-state index is 0.00289. The van der Waals surface area contributed by atoms with Crippen molar-refractivity contribution in [3.8, 4) is 0 Å². The Bertz CT molecular complexity index is 890. The van der Waals surface area contributed by atoms with Crippen molar-refractivity contribution in [1.29, 1.82) is 0 Å². The molecule has 1 atom stereocenters. The maximum atomic E-state index is 13.7. The number of benzene rings is 2. The molecule has 158 valence electrons. The molecular formula is C25H30N2O3. The van der Waals surface area contributed by atoms with E-state index >= 15 is 0 Å². The smallest absolute Gasteiger partial charge is 0.254 e. The SMILES string of the molecule is COCCN1C(=O)c2ccccc2[C@H](C(=O)NCc2ccccc2)C12CCCCC2. The Hall–Kier alpha value is -2.66. The molecule has 0 saturated heterocycles. The summed E-state index contributed by atoms with van der Waals surface area (Å²) in [6, 6.07) is 17.6. The molecule has 1 heterocycles. The Balaban J connectivity index is 1.72. The van der Waals surface area contributed by atoms with Gasteiger partial charge in [-0.05, 0) is 30.0 Å². The van der Waals surface area contributed by atoms with E-state index in [1.807, 2.05) is 59.5 Å². The maximum absolute atomic E-state index is 13.7. The van der Waals surface area contributed by atoms with E-state index < -0.39 is 5.54 Å². The molecule has 2 aromatic carbocycles. The summed E-state index contributed by atoms with van der Waals surface area (Å²) in [5.74, 6) is -0.341. The Kier molecular flexibility index (Phi) is 6.18. The van der Waals surface area contributed by atoms with Crippen molar-refractivity contribution in [2.24, 2.45) is 0 Å². The molecule has 5 heteroatoms. The van der Waals surface area contributed by atoms with Gasteiger partial charge in [0.15, 0.2) is 0 Å². The van der Waals surface area contributed by atoms with Gasteiger partial charge in [-0.25, -0.2) is 0 Å².